The summed E-state index contributed by atoms with van der Waals surface area (Å²) in [7, 11) is 3.25. The van der Waals surface area contributed by atoms with Crippen molar-refractivity contribution in [2.75, 3.05) is 25.3 Å². The average Bonchev–Trinajstić information content (AvgIpc) is 3.25. The maximum Gasteiger partial charge on any atom is 0.152 e. The molecule has 0 saturated carbocycles. The minimum Gasteiger partial charge on any atom is -0.496 e. The van der Waals surface area contributed by atoms with Gasteiger partial charge < -0.3 is 20.5 Å². The third-order valence-corrected chi connectivity index (χ3v) is 13.6. The van der Waals surface area contributed by atoms with Crippen LogP contribution >= 0.6 is 101 Å². The monoisotopic (exact) mass is 1130 g/mol. The van der Waals surface area contributed by atoms with Crippen LogP contribution in [0.15, 0.2) is 152 Å². The number of rotatable bonds is 14. The number of anilines is 3. The van der Waals surface area contributed by atoms with Gasteiger partial charge in [0.25, 0.3) is 0 Å². The van der Waals surface area contributed by atoms with Gasteiger partial charge in [-0.1, -0.05) is 83.9 Å². The van der Waals surface area contributed by atoms with E-state index >= 15 is 0 Å². The normalized spacial score (nSPS) is 10.7. The van der Waals surface area contributed by atoms with Crippen molar-refractivity contribution >= 4 is 142 Å². The predicted molar refractivity (Wildman–Crippen MR) is 276 cm³/mol. The Hall–Kier alpha value is -3.69. The largest absolute Gasteiger partial charge is 0.496 e. The van der Waals surface area contributed by atoms with E-state index in [1.54, 1.807) is 56.0 Å². The fraction of sp³-hybridized carbons (Fsp3) is 0.125. The molecule has 0 fully saturated rings. The van der Waals surface area contributed by atoms with Gasteiger partial charge in [-0.3, -0.25) is 9.59 Å². The Morgan fingerprint density at radius 1 is 0.656 bits per heavy atom. The van der Waals surface area contributed by atoms with E-state index in [-0.39, 0.29) is 11.6 Å². The molecule has 0 aromatic heterocycles. The van der Waals surface area contributed by atoms with Crippen LogP contribution in [0.25, 0.3) is 12.2 Å². The number of hydrogen-bond acceptors (Lipinski definition) is 8. The first-order valence-corrected chi connectivity index (χ1v) is 23.9. The van der Waals surface area contributed by atoms with Crippen molar-refractivity contribution in [3.63, 3.8) is 0 Å². The van der Waals surface area contributed by atoms with Crippen molar-refractivity contribution in [2.45, 2.75) is 35.1 Å². The summed E-state index contributed by atoms with van der Waals surface area (Å²) in [4.78, 5) is 24.8. The molecule has 0 amide bonds. The first-order valence-electron chi connectivity index (χ1n) is 18.5. The molecule has 0 radical (unpaired) electrons. The van der Waals surface area contributed by atoms with Crippen LogP contribution in [0, 0.1) is 3.57 Å². The Morgan fingerprint density at radius 2 is 1.13 bits per heavy atom. The molecule has 6 rings (SSSR count). The quantitative estimate of drug-likeness (QED) is 0.0367. The zero-order valence-corrected chi connectivity index (χ0v) is 42.2. The van der Waals surface area contributed by atoms with Crippen LogP contribution in [0.3, 0.4) is 0 Å². The number of hydrogen-bond donors (Lipinski definition) is 2. The maximum absolute atomic E-state index is 11.5. The second-order valence-corrected chi connectivity index (χ2v) is 18.8. The van der Waals surface area contributed by atoms with Gasteiger partial charge in [0.2, 0.25) is 0 Å². The molecule has 0 spiro atoms. The Morgan fingerprint density at radius 3 is 1.66 bits per heavy atom. The summed E-state index contributed by atoms with van der Waals surface area (Å²) in [6.45, 7) is 3.07. The molecule has 0 saturated heterocycles. The summed E-state index contributed by atoms with van der Waals surface area (Å²) < 4.78 is 13.2. The fourth-order valence-electron chi connectivity index (χ4n) is 5.17. The lowest BCUT2D eigenvalue weighted by molar-refractivity contribution is -0.113. The van der Waals surface area contributed by atoms with Gasteiger partial charge in [0.15, 0.2) is 11.6 Å². The summed E-state index contributed by atoms with van der Waals surface area (Å²) in [5.74, 6) is 3.30. The van der Waals surface area contributed by atoms with E-state index in [4.69, 9.17) is 38.4 Å². The van der Waals surface area contributed by atoms with Crippen LogP contribution in [-0.4, -0.2) is 25.8 Å². The highest BCUT2D eigenvalue weighted by Crippen LogP contribution is 2.38. The minimum absolute atomic E-state index is 0.00689. The molecule has 0 heterocycles. The van der Waals surface area contributed by atoms with E-state index in [0.717, 1.165) is 62.1 Å². The standard InChI is InChI=1S/C24H21BrClNO2S.C17H17NOS.C7H5BrClIO/c1-16(28)8-9-18-12-19(30-15-17-6-4-3-5-7-17)10-11-22(18)27-23-14-21(26)20(25)13-24(23)29-2;1-13(19)7-8-15-11-16(9-10-17(15)18)20-12-14-5-3-2-4-6-14;1-11-7-2-4(8)5(9)3-6(7)10/h3-14,27H,15H2,1-2H3;2-11H,12,18H2,1H3;2-3H,1H3/b9-8+;8-7+;. The zero-order valence-electron chi connectivity index (χ0n) is 33.7. The number of thioether (sulfide) groups is 2. The highest BCUT2D eigenvalue weighted by Gasteiger charge is 2.11. The van der Waals surface area contributed by atoms with Gasteiger partial charge in [-0.05, 0) is 176 Å². The number of nitrogen functional groups attached to an aromatic ring is 1. The molecule has 61 heavy (non-hydrogen) atoms. The molecule has 3 N–H and O–H groups in total. The Balaban J connectivity index is 0.000000226. The van der Waals surface area contributed by atoms with Crippen molar-refractivity contribution in [3.05, 3.63) is 178 Å². The summed E-state index contributed by atoms with van der Waals surface area (Å²) >= 11 is 24.5. The van der Waals surface area contributed by atoms with E-state index in [1.165, 1.54) is 31.1 Å². The zero-order chi connectivity index (χ0) is 44.3. The number of allylic oxidation sites excluding steroid dienone is 2. The lowest BCUT2D eigenvalue weighted by atomic mass is 10.1. The second kappa shape index (κ2) is 26.1. The van der Waals surface area contributed by atoms with Crippen LogP contribution in [0.2, 0.25) is 10.0 Å². The van der Waals surface area contributed by atoms with Crippen molar-refractivity contribution in [2.24, 2.45) is 0 Å². The van der Waals surface area contributed by atoms with Crippen molar-refractivity contribution in [1.29, 1.82) is 0 Å². The van der Waals surface area contributed by atoms with Gasteiger partial charge in [-0.25, -0.2) is 0 Å². The first kappa shape index (κ1) is 50.0. The van der Waals surface area contributed by atoms with Gasteiger partial charge in [-0.2, -0.15) is 0 Å². The topological polar surface area (TPSA) is 90.7 Å². The van der Waals surface area contributed by atoms with Crippen LogP contribution in [0.1, 0.15) is 36.1 Å². The van der Waals surface area contributed by atoms with Gasteiger partial charge in [0, 0.05) is 41.6 Å². The van der Waals surface area contributed by atoms with E-state index < -0.39 is 0 Å². The molecule has 13 heteroatoms. The first-order chi connectivity index (χ1) is 29.3. The van der Waals surface area contributed by atoms with E-state index in [9.17, 15) is 9.59 Å². The van der Waals surface area contributed by atoms with E-state index in [1.807, 2.05) is 84.9 Å². The Bertz CT molecular complexity index is 2480. The highest BCUT2D eigenvalue weighted by atomic mass is 127. The number of benzene rings is 6. The van der Waals surface area contributed by atoms with Crippen molar-refractivity contribution < 1.29 is 19.1 Å². The lowest BCUT2D eigenvalue weighted by Crippen LogP contribution is -1.97. The maximum atomic E-state index is 11.5. The Kier molecular flexibility index (Phi) is 21.3. The number of methoxy groups -OCH3 is 2. The van der Waals surface area contributed by atoms with Crippen LogP contribution in [0.5, 0.6) is 11.5 Å². The molecule has 6 nitrogen and oxygen atoms in total. The second-order valence-electron chi connectivity index (χ2n) is 13.0. The van der Waals surface area contributed by atoms with Crippen LogP contribution in [0.4, 0.5) is 17.1 Å². The number of nitrogens with one attached hydrogen (secondary N) is 1. The summed E-state index contributed by atoms with van der Waals surface area (Å²) in [6.07, 6.45) is 6.70. The molecule has 0 bridgehead atoms. The molecule has 0 aliphatic rings. The number of carbonyl (C=O) groups excluding carboxylic acids is 2. The molecular weight excluding hydrogens is 1090 g/mol. The van der Waals surface area contributed by atoms with Gasteiger partial charge in [-0.15, -0.1) is 23.5 Å². The fourth-order valence-corrected chi connectivity index (χ4v) is 8.81. The van der Waals surface area contributed by atoms with Crippen molar-refractivity contribution in [1.82, 2.24) is 0 Å². The average molecular weight is 1130 g/mol. The van der Waals surface area contributed by atoms with Gasteiger partial charge in [0.05, 0.1) is 33.5 Å². The predicted octanol–water partition coefficient (Wildman–Crippen LogP) is 15.6. The van der Waals surface area contributed by atoms with Crippen molar-refractivity contribution in [3.8, 4) is 11.5 Å². The molecule has 0 aliphatic heterocycles. The van der Waals surface area contributed by atoms with E-state index in [0.29, 0.717) is 21.5 Å². The molecule has 6 aromatic rings. The SMILES string of the molecule is CC(=O)/C=C/c1cc(SCc2ccccc2)ccc1N.COc1cc(Br)c(Cl)cc1I.COc1cc(Br)c(Cl)cc1Nc1ccc(SCc2ccccc2)cc1/C=C/C(C)=O. The number of carbonyl (C=O) groups is 2. The summed E-state index contributed by atoms with van der Waals surface area (Å²) in [5, 5.41) is 4.66. The van der Waals surface area contributed by atoms with Gasteiger partial charge in [0.1, 0.15) is 11.5 Å². The molecular formula is C48H43Br2Cl2IN2O4S2. The smallest absolute Gasteiger partial charge is 0.152 e. The van der Waals surface area contributed by atoms with Crippen LogP contribution in [-0.2, 0) is 21.1 Å². The number of ether oxygens (including phenoxy) is 2. The highest BCUT2D eigenvalue weighted by molar-refractivity contribution is 14.1. The number of nitrogens with two attached hydrogens (primary N) is 1. The minimum atomic E-state index is -0.00689. The lowest BCUT2D eigenvalue weighted by Gasteiger charge is -2.15. The third kappa shape index (κ3) is 17.2. The molecule has 6 aromatic carbocycles. The van der Waals surface area contributed by atoms with Crippen LogP contribution < -0.4 is 20.5 Å². The van der Waals surface area contributed by atoms with Gasteiger partial charge >= 0.3 is 0 Å². The van der Waals surface area contributed by atoms with E-state index in [2.05, 4.69) is 96.2 Å². The molecule has 0 aliphatic carbocycles. The summed E-state index contributed by atoms with van der Waals surface area (Å²) in [5.41, 5.74) is 12.5. The third-order valence-electron chi connectivity index (χ3n) is 8.28. The summed E-state index contributed by atoms with van der Waals surface area (Å²) in [6, 6.07) is 40.0. The number of ketones is 2. The molecule has 316 valence electrons. The molecule has 0 atom stereocenters. The molecule has 0 unspecified atom stereocenters. The Labute approximate surface area is 407 Å². The number of halogens is 5.